The first kappa shape index (κ1) is 14.1. The summed E-state index contributed by atoms with van der Waals surface area (Å²) in [7, 11) is 1.95. The van der Waals surface area contributed by atoms with Gasteiger partial charge in [-0.2, -0.15) is 5.10 Å². The van der Waals surface area contributed by atoms with Crippen molar-refractivity contribution in [1.82, 2.24) is 15.1 Å². The van der Waals surface area contributed by atoms with Gasteiger partial charge in [-0.1, -0.05) is 24.6 Å². The minimum Gasteiger partial charge on any atom is -0.316 e. The van der Waals surface area contributed by atoms with Crippen molar-refractivity contribution in [3.63, 3.8) is 0 Å². The molecule has 0 saturated carbocycles. The molecule has 2 rings (SSSR count). The molecule has 1 aromatic carbocycles. The number of aromatic nitrogens is 2. The van der Waals surface area contributed by atoms with Crippen LogP contribution >= 0.6 is 11.6 Å². The van der Waals surface area contributed by atoms with Crippen LogP contribution in [0.25, 0.3) is 11.1 Å². The number of halogens is 1. The molecule has 0 atom stereocenters. The van der Waals surface area contributed by atoms with Crippen LogP contribution in [-0.4, -0.2) is 16.8 Å². The molecule has 0 aliphatic heterocycles. The molecule has 102 valence electrons. The average molecular weight is 278 g/mol. The second kappa shape index (κ2) is 6.22. The first-order chi connectivity index (χ1) is 9.17. The van der Waals surface area contributed by atoms with Gasteiger partial charge in [0.1, 0.15) is 0 Å². The summed E-state index contributed by atoms with van der Waals surface area (Å²) in [5.41, 5.74) is 4.77. The highest BCUT2D eigenvalue weighted by molar-refractivity contribution is 6.30. The molecule has 0 aliphatic rings. The van der Waals surface area contributed by atoms with E-state index in [0.717, 1.165) is 24.5 Å². The Morgan fingerprint density at radius 2 is 2.11 bits per heavy atom. The van der Waals surface area contributed by atoms with E-state index < -0.39 is 0 Å². The second-order valence-electron chi connectivity index (χ2n) is 4.70. The van der Waals surface area contributed by atoms with Crippen LogP contribution in [0.3, 0.4) is 0 Å². The Morgan fingerprint density at radius 3 is 2.79 bits per heavy atom. The van der Waals surface area contributed by atoms with Gasteiger partial charge in [-0.05, 0) is 43.7 Å². The SMILES string of the molecule is CCCn1ncc(-c2cc(Cl)ccc2CNC)c1C. The molecule has 19 heavy (non-hydrogen) atoms. The molecule has 0 fully saturated rings. The molecule has 0 spiro atoms. The van der Waals surface area contributed by atoms with E-state index in [1.54, 1.807) is 0 Å². The summed E-state index contributed by atoms with van der Waals surface area (Å²) in [4.78, 5) is 0. The first-order valence-electron chi connectivity index (χ1n) is 6.63. The van der Waals surface area contributed by atoms with Crippen molar-refractivity contribution in [2.24, 2.45) is 0 Å². The predicted octanol–water partition coefficient (Wildman–Crippen LogP) is 3.64. The number of benzene rings is 1. The normalized spacial score (nSPS) is 10.9. The van der Waals surface area contributed by atoms with E-state index in [4.69, 9.17) is 11.6 Å². The van der Waals surface area contributed by atoms with Gasteiger partial charge in [-0.15, -0.1) is 0 Å². The summed E-state index contributed by atoms with van der Waals surface area (Å²) in [6.07, 6.45) is 3.02. The molecule has 0 amide bonds. The van der Waals surface area contributed by atoms with Crippen molar-refractivity contribution in [2.75, 3.05) is 7.05 Å². The Morgan fingerprint density at radius 1 is 1.32 bits per heavy atom. The number of nitrogens with one attached hydrogen (secondary N) is 1. The van der Waals surface area contributed by atoms with Crippen molar-refractivity contribution >= 4 is 11.6 Å². The van der Waals surface area contributed by atoms with E-state index in [1.165, 1.54) is 22.4 Å². The third-order valence-electron chi connectivity index (χ3n) is 3.27. The summed E-state index contributed by atoms with van der Waals surface area (Å²) in [5, 5.41) is 8.42. The summed E-state index contributed by atoms with van der Waals surface area (Å²) in [6.45, 7) is 6.05. The topological polar surface area (TPSA) is 29.9 Å². The maximum absolute atomic E-state index is 6.14. The van der Waals surface area contributed by atoms with E-state index in [-0.39, 0.29) is 0 Å². The molecule has 1 heterocycles. The molecular weight excluding hydrogens is 258 g/mol. The Hall–Kier alpha value is -1.32. The van der Waals surface area contributed by atoms with Crippen LogP contribution in [0.1, 0.15) is 24.6 Å². The van der Waals surface area contributed by atoms with Crippen molar-refractivity contribution in [1.29, 1.82) is 0 Å². The van der Waals surface area contributed by atoms with Gasteiger partial charge in [0.05, 0.1) is 6.20 Å². The summed E-state index contributed by atoms with van der Waals surface area (Å²) >= 11 is 6.14. The first-order valence-corrected chi connectivity index (χ1v) is 7.01. The number of nitrogens with zero attached hydrogens (tertiary/aromatic N) is 2. The average Bonchev–Trinajstić information content (AvgIpc) is 2.74. The van der Waals surface area contributed by atoms with Gasteiger partial charge >= 0.3 is 0 Å². The minimum atomic E-state index is 0.762. The fraction of sp³-hybridized carbons (Fsp3) is 0.400. The Balaban J connectivity index is 2.48. The highest BCUT2D eigenvalue weighted by atomic mass is 35.5. The fourth-order valence-corrected chi connectivity index (χ4v) is 2.46. The molecular formula is C15H20ClN3. The maximum Gasteiger partial charge on any atom is 0.0571 e. The van der Waals surface area contributed by atoms with E-state index in [0.29, 0.717) is 0 Å². The van der Waals surface area contributed by atoms with Crippen molar-refractivity contribution in [3.05, 3.63) is 40.7 Å². The van der Waals surface area contributed by atoms with E-state index in [2.05, 4.69) is 35.0 Å². The van der Waals surface area contributed by atoms with Crippen LogP contribution in [-0.2, 0) is 13.1 Å². The largest absolute Gasteiger partial charge is 0.316 e. The molecule has 2 aromatic rings. The molecule has 1 N–H and O–H groups in total. The summed E-state index contributed by atoms with van der Waals surface area (Å²) in [6, 6.07) is 6.03. The minimum absolute atomic E-state index is 0.762. The van der Waals surface area contributed by atoms with Crippen molar-refractivity contribution in [2.45, 2.75) is 33.4 Å². The lowest BCUT2D eigenvalue weighted by atomic mass is 10.0. The zero-order valence-corrected chi connectivity index (χ0v) is 12.5. The molecule has 1 aromatic heterocycles. The molecule has 0 saturated heterocycles. The van der Waals surface area contributed by atoms with Crippen LogP contribution in [0.5, 0.6) is 0 Å². The zero-order valence-electron chi connectivity index (χ0n) is 11.7. The number of aryl methyl sites for hydroxylation is 1. The quantitative estimate of drug-likeness (QED) is 0.904. The van der Waals surface area contributed by atoms with Gasteiger partial charge in [-0.3, -0.25) is 4.68 Å². The van der Waals surface area contributed by atoms with E-state index >= 15 is 0 Å². The fourth-order valence-electron chi connectivity index (χ4n) is 2.29. The summed E-state index contributed by atoms with van der Waals surface area (Å²) < 4.78 is 2.05. The van der Waals surface area contributed by atoms with Gasteiger partial charge in [-0.25, -0.2) is 0 Å². The van der Waals surface area contributed by atoms with Crippen LogP contribution in [0.2, 0.25) is 5.02 Å². The van der Waals surface area contributed by atoms with E-state index in [1.807, 2.05) is 25.4 Å². The Labute approximate surface area is 119 Å². The van der Waals surface area contributed by atoms with Crippen LogP contribution in [0, 0.1) is 6.92 Å². The predicted molar refractivity (Wildman–Crippen MR) is 80.5 cm³/mol. The summed E-state index contributed by atoms with van der Waals surface area (Å²) in [5.74, 6) is 0. The Bertz CT molecular complexity index is 561. The smallest absolute Gasteiger partial charge is 0.0571 e. The lowest BCUT2D eigenvalue weighted by molar-refractivity contribution is 0.587. The lowest BCUT2D eigenvalue weighted by Gasteiger charge is -2.10. The van der Waals surface area contributed by atoms with Gasteiger partial charge < -0.3 is 5.32 Å². The standard InChI is InChI=1S/C15H20ClN3/c1-4-7-19-11(2)15(10-18-19)14-8-13(16)6-5-12(14)9-17-3/h5-6,8,10,17H,4,7,9H2,1-3H3. The molecule has 0 radical (unpaired) electrons. The van der Waals surface area contributed by atoms with Gasteiger partial charge in [0, 0.05) is 29.4 Å². The number of rotatable bonds is 5. The van der Waals surface area contributed by atoms with Gasteiger partial charge in [0.25, 0.3) is 0 Å². The van der Waals surface area contributed by atoms with Crippen molar-refractivity contribution in [3.8, 4) is 11.1 Å². The van der Waals surface area contributed by atoms with E-state index in [9.17, 15) is 0 Å². The molecule has 0 bridgehead atoms. The molecule has 4 heteroatoms. The highest BCUT2D eigenvalue weighted by Gasteiger charge is 2.12. The molecule has 0 unspecified atom stereocenters. The second-order valence-corrected chi connectivity index (χ2v) is 5.14. The molecule has 3 nitrogen and oxygen atoms in total. The molecule has 0 aliphatic carbocycles. The van der Waals surface area contributed by atoms with Crippen LogP contribution in [0.15, 0.2) is 24.4 Å². The zero-order chi connectivity index (χ0) is 13.8. The van der Waals surface area contributed by atoms with Crippen LogP contribution in [0.4, 0.5) is 0 Å². The monoisotopic (exact) mass is 277 g/mol. The number of hydrogen-bond acceptors (Lipinski definition) is 2. The van der Waals surface area contributed by atoms with Crippen LogP contribution < -0.4 is 5.32 Å². The highest BCUT2D eigenvalue weighted by Crippen LogP contribution is 2.29. The van der Waals surface area contributed by atoms with Gasteiger partial charge in [0.15, 0.2) is 0 Å². The lowest BCUT2D eigenvalue weighted by Crippen LogP contribution is -2.06. The third-order valence-corrected chi connectivity index (χ3v) is 3.50. The third kappa shape index (κ3) is 2.99. The maximum atomic E-state index is 6.14. The Kier molecular flexibility index (Phi) is 4.61. The van der Waals surface area contributed by atoms with Gasteiger partial charge in [0.2, 0.25) is 0 Å². The number of hydrogen-bond donors (Lipinski definition) is 1. The van der Waals surface area contributed by atoms with Crippen molar-refractivity contribution < 1.29 is 0 Å².